The van der Waals surface area contributed by atoms with Crippen molar-refractivity contribution >= 4 is 5.91 Å². The number of likely N-dealkylation sites (tertiary alicyclic amines) is 1. The lowest BCUT2D eigenvalue weighted by Crippen LogP contribution is -2.37. The first-order valence-electron chi connectivity index (χ1n) is 8.36. The summed E-state index contributed by atoms with van der Waals surface area (Å²) in [6.45, 7) is 0.793. The first-order valence-corrected chi connectivity index (χ1v) is 8.36. The minimum absolute atomic E-state index is 0.0851. The third-order valence-electron chi connectivity index (χ3n) is 4.64. The number of nitrogens with zero attached hydrogens (tertiary/aromatic N) is 1. The smallest absolute Gasteiger partial charge is 0.227 e. The van der Waals surface area contributed by atoms with E-state index < -0.39 is 0 Å². The van der Waals surface area contributed by atoms with Crippen molar-refractivity contribution in [1.82, 2.24) is 4.90 Å². The van der Waals surface area contributed by atoms with E-state index in [2.05, 4.69) is 6.07 Å². The van der Waals surface area contributed by atoms with E-state index in [1.165, 1.54) is 5.56 Å². The minimum atomic E-state index is 0.0851. The standard InChI is InChI=1S/C20H23NO3/c1-24-18-9-4-6-15(13-18)12-17-8-5-11-21(17)20(23)14-16-7-2-3-10-19(16)22/h2-4,6-7,9-10,13,17,22H,5,8,11-12,14H2,1H3. The molecule has 1 fully saturated rings. The van der Waals surface area contributed by atoms with Crippen LogP contribution in [0.3, 0.4) is 0 Å². The van der Waals surface area contributed by atoms with E-state index in [1.807, 2.05) is 29.2 Å². The van der Waals surface area contributed by atoms with E-state index in [1.54, 1.807) is 25.3 Å². The van der Waals surface area contributed by atoms with Gasteiger partial charge in [-0.25, -0.2) is 0 Å². The summed E-state index contributed by atoms with van der Waals surface area (Å²) in [5.41, 5.74) is 1.87. The number of methoxy groups -OCH3 is 1. The molecular weight excluding hydrogens is 302 g/mol. The molecule has 1 saturated heterocycles. The number of phenols is 1. The number of carbonyl (C=O) groups excluding carboxylic acids is 1. The van der Waals surface area contributed by atoms with Gasteiger partial charge in [0.25, 0.3) is 0 Å². The molecule has 24 heavy (non-hydrogen) atoms. The highest BCUT2D eigenvalue weighted by atomic mass is 16.5. The SMILES string of the molecule is COc1cccc(CC2CCCN2C(=O)Cc2ccccc2O)c1. The highest BCUT2D eigenvalue weighted by Gasteiger charge is 2.29. The van der Waals surface area contributed by atoms with E-state index in [0.29, 0.717) is 5.56 Å². The van der Waals surface area contributed by atoms with Crippen molar-refractivity contribution in [3.8, 4) is 11.5 Å². The first kappa shape index (κ1) is 16.4. The second-order valence-electron chi connectivity index (χ2n) is 6.24. The Hall–Kier alpha value is -2.49. The van der Waals surface area contributed by atoms with E-state index in [4.69, 9.17) is 4.74 Å². The average molecular weight is 325 g/mol. The summed E-state index contributed by atoms with van der Waals surface area (Å²) in [5, 5.41) is 9.88. The van der Waals surface area contributed by atoms with Gasteiger partial charge in [0.2, 0.25) is 5.91 Å². The number of ether oxygens (including phenoxy) is 1. The van der Waals surface area contributed by atoms with Gasteiger partial charge in [0, 0.05) is 18.2 Å². The Bertz CT molecular complexity index is 714. The number of phenolic OH excluding ortho intramolecular Hbond substituents is 1. The molecule has 0 aliphatic carbocycles. The molecular formula is C20H23NO3. The molecule has 0 aromatic heterocycles. The van der Waals surface area contributed by atoms with Crippen LogP contribution in [0.2, 0.25) is 0 Å². The number of carbonyl (C=O) groups is 1. The molecule has 0 spiro atoms. The van der Waals surface area contributed by atoms with Crippen molar-refractivity contribution in [2.75, 3.05) is 13.7 Å². The van der Waals surface area contributed by atoms with Gasteiger partial charge in [-0.05, 0) is 43.0 Å². The van der Waals surface area contributed by atoms with Crippen LogP contribution in [0, 0.1) is 0 Å². The zero-order chi connectivity index (χ0) is 16.9. The highest BCUT2D eigenvalue weighted by molar-refractivity contribution is 5.80. The van der Waals surface area contributed by atoms with Crippen molar-refractivity contribution in [3.63, 3.8) is 0 Å². The maximum atomic E-state index is 12.7. The number of aromatic hydroxyl groups is 1. The van der Waals surface area contributed by atoms with Crippen LogP contribution >= 0.6 is 0 Å². The summed E-state index contributed by atoms with van der Waals surface area (Å²) in [4.78, 5) is 14.6. The molecule has 1 N–H and O–H groups in total. The Morgan fingerprint density at radius 1 is 1.25 bits per heavy atom. The zero-order valence-electron chi connectivity index (χ0n) is 13.9. The maximum absolute atomic E-state index is 12.7. The van der Waals surface area contributed by atoms with Gasteiger partial charge in [-0.3, -0.25) is 4.79 Å². The summed E-state index contributed by atoms with van der Waals surface area (Å²) in [6.07, 6.45) is 3.13. The van der Waals surface area contributed by atoms with E-state index in [0.717, 1.165) is 31.6 Å². The highest BCUT2D eigenvalue weighted by Crippen LogP contribution is 2.25. The molecule has 1 aliphatic heterocycles. The predicted octanol–water partition coefficient (Wildman–Crippen LogP) is 3.18. The summed E-state index contributed by atoms with van der Waals surface area (Å²) in [7, 11) is 1.66. The van der Waals surface area contributed by atoms with Crippen LogP contribution in [0.1, 0.15) is 24.0 Å². The summed E-state index contributed by atoms with van der Waals surface area (Å²) in [5.74, 6) is 1.12. The third-order valence-corrected chi connectivity index (χ3v) is 4.64. The first-order chi connectivity index (χ1) is 11.7. The minimum Gasteiger partial charge on any atom is -0.508 e. The van der Waals surface area contributed by atoms with Crippen molar-refractivity contribution in [2.24, 2.45) is 0 Å². The number of para-hydroxylation sites is 1. The van der Waals surface area contributed by atoms with Crippen LogP contribution in [0.15, 0.2) is 48.5 Å². The fourth-order valence-electron chi connectivity index (χ4n) is 3.37. The van der Waals surface area contributed by atoms with E-state index in [-0.39, 0.29) is 24.1 Å². The normalized spacial score (nSPS) is 17.0. The lowest BCUT2D eigenvalue weighted by atomic mass is 10.0. The van der Waals surface area contributed by atoms with Crippen molar-refractivity contribution in [2.45, 2.75) is 31.7 Å². The fraction of sp³-hybridized carbons (Fsp3) is 0.350. The molecule has 1 amide bonds. The van der Waals surface area contributed by atoms with Gasteiger partial charge in [0.15, 0.2) is 0 Å². The van der Waals surface area contributed by atoms with Crippen LogP contribution < -0.4 is 4.74 Å². The van der Waals surface area contributed by atoms with Gasteiger partial charge < -0.3 is 14.7 Å². The van der Waals surface area contributed by atoms with Gasteiger partial charge in [0.05, 0.1) is 13.5 Å². The fourth-order valence-corrected chi connectivity index (χ4v) is 3.37. The van der Waals surface area contributed by atoms with E-state index in [9.17, 15) is 9.90 Å². The topological polar surface area (TPSA) is 49.8 Å². The number of rotatable bonds is 5. The lowest BCUT2D eigenvalue weighted by Gasteiger charge is -2.25. The van der Waals surface area contributed by atoms with Gasteiger partial charge in [0.1, 0.15) is 11.5 Å². The molecule has 3 rings (SSSR count). The van der Waals surface area contributed by atoms with Crippen LogP contribution in [0.4, 0.5) is 0 Å². The van der Waals surface area contributed by atoms with Crippen LogP contribution in [-0.2, 0) is 17.6 Å². The monoisotopic (exact) mass is 325 g/mol. The predicted molar refractivity (Wildman–Crippen MR) is 93.2 cm³/mol. The molecule has 1 atom stereocenters. The lowest BCUT2D eigenvalue weighted by molar-refractivity contribution is -0.131. The molecule has 0 radical (unpaired) electrons. The molecule has 2 aromatic carbocycles. The summed E-state index contributed by atoms with van der Waals surface area (Å²) < 4.78 is 5.28. The van der Waals surface area contributed by atoms with Crippen molar-refractivity contribution in [3.05, 3.63) is 59.7 Å². The molecule has 4 heteroatoms. The Balaban J connectivity index is 1.68. The molecule has 1 heterocycles. The largest absolute Gasteiger partial charge is 0.508 e. The number of hydrogen-bond acceptors (Lipinski definition) is 3. The third kappa shape index (κ3) is 3.70. The Morgan fingerprint density at radius 2 is 2.08 bits per heavy atom. The molecule has 126 valence electrons. The summed E-state index contributed by atoms with van der Waals surface area (Å²) >= 11 is 0. The zero-order valence-corrected chi connectivity index (χ0v) is 13.9. The number of hydrogen-bond donors (Lipinski definition) is 1. The van der Waals surface area contributed by atoms with Gasteiger partial charge in [-0.15, -0.1) is 0 Å². The maximum Gasteiger partial charge on any atom is 0.227 e. The number of benzene rings is 2. The average Bonchev–Trinajstić information content (AvgIpc) is 3.05. The van der Waals surface area contributed by atoms with Gasteiger partial charge in [-0.1, -0.05) is 30.3 Å². The van der Waals surface area contributed by atoms with Gasteiger partial charge in [-0.2, -0.15) is 0 Å². The second kappa shape index (κ2) is 7.39. The molecule has 0 saturated carbocycles. The van der Waals surface area contributed by atoms with Crippen molar-refractivity contribution in [1.29, 1.82) is 0 Å². The van der Waals surface area contributed by atoms with Gasteiger partial charge >= 0.3 is 0 Å². The summed E-state index contributed by atoms with van der Waals surface area (Å²) in [6, 6.07) is 15.3. The molecule has 1 unspecified atom stereocenters. The quantitative estimate of drug-likeness (QED) is 0.918. The van der Waals surface area contributed by atoms with Crippen molar-refractivity contribution < 1.29 is 14.6 Å². The van der Waals surface area contributed by atoms with Crippen LogP contribution in [0.5, 0.6) is 11.5 Å². The van der Waals surface area contributed by atoms with Crippen LogP contribution in [0.25, 0.3) is 0 Å². The molecule has 1 aliphatic rings. The molecule has 4 nitrogen and oxygen atoms in total. The van der Waals surface area contributed by atoms with Crippen LogP contribution in [-0.4, -0.2) is 35.6 Å². The Labute approximate surface area is 142 Å². The van der Waals surface area contributed by atoms with E-state index >= 15 is 0 Å². The molecule has 2 aromatic rings. The Kier molecular flexibility index (Phi) is 5.04. The molecule has 0 bridgehead atoms. The Morgan fingerprint density at radius 3 is 2.88 bits per heavy atom. The second-order valence-corrected chi connectivity index (χ2v) is 6.24. The number of amides is 1.